The van der Waals surface area contributed by atoms with Gasteiger partial charge in [-0.25, -0.2) is 4.79 Å². The third-order valence-electron chi connectivity index (χ3n) is 7.87. The average Bonchev–Trinajstić information content (AvgIpc) is 3.24. The maximum absolute atomic E-state index is 12.2. The lowest BCUT2D eigenvalue weighted by molar-refractivity contribution is 0.0526. The van der Waals surface area contributed by atoms with E-state index in [0.29, 0.717) is 24.1 Å². The molecule has 0 amide bonds. The van der Waals surface area contributed by atoms with Gasteiger partial charge in [-0.15, -0.1) is 0 Å². The van der Waals surface area contributed by atoms with E-state index < -0.39 is 0 Å². The maximum Gasteiger partial charge on any atom is 0.338 e. The van der Waals surface area contributed by atoms with Crippen molar-refractivity contribution in [2.45, 2.75) is 73.0 Å². The van der Waals surface area contributed by atoms with Crippen LogP contribution in [0.2, 0.25) is 0 Å². The second-order valence-electron chi connectivity index (χ2n) is 12.3. The van der Waals surface area contributed by atoms with Crippen LogP contribution in [0.15, 0.2) is 65.2 Å². The first kappa shape index (κ1) is 28.6. The number of anilines is 1. The van der Waals surface area contributed by atoms with Gasteiger partial charge in [-0.05, 0) is 54.5 Å². The van der Waals surface area contributed by atoms with Gasteiger partial charge in [-0.1, -0.05) is 83.6 Å². The molecular formula is C32H45N3O2S. The number of ether oxygens (including phenoxy) is 1. The van der Waals surface area contributed by atoms with Gasteiger partial charge in [0.2, 0.25) is 0 Å². The Bertz CT molecular complexity index is 1140. The molecule has 1 aliphatic heterocycles. The van der Waals surface area contributed by atoms with Crippen molar-refractivity contribution in [1.29, 1.82) is 0 Å². The number of thioether (sulfide) groups is 1. The number of hydrogen-bond donors (Lipinski definition) is 1. The fourth-order valence-electron chi connectivity index (χ4n) is 5.92. The minimum Gasteiger partial charge on any atom is -0.462 e. The monoisotopic (exact) mass is 535 g/mol. The van der Waals surface area contributed by atoms with Crippen LogP contribution >= 0.6 is 11.8 Å². The molecule has 5 nitrogen and oxygen atoms in total. The normalized spacial score (nSPS) is 22.0. The predicted octanol–water partition coefficient (Wildman–Crippen LogP) is 7.11. The van der Waals surface area contributed by atoms with Gasteiger partial charge in [0.1, 0.15) is 0 Å². The van der Waals surface area contributed by atoms with Crippen LogP contribution in [0, 0.1) is 16.7 Å². The van der Waals surface area contributed by atoms with E-state index in [2.05, 4.69) is 106 Å². The molecule has 2 unspecified atom stereocenters. The molecular weight excluding hydrogens is 490 g/mol. The molecule has 2 aromatic carbocycles. The Kier molecular flexibility index (Phi) is 8.53. The Hall–Kier alpha value is -2.44. The summed E-state index contributed by atoms with van der Waals surface area (Å²) in [6, 6.07) is 19.0. The number of rotatable bonds is 9. The first-order valence-corrected chi connectivity index (χ1v) is 14.8. The predicted molar refractivity (Wildman–Crippen MR) is 160 cm³/mol. The third kappa shape index (κ3) is 5.76. The van der Waals surface area contributed by atoms with Crippen LogP contribution in [-0.4, -0.2) is 42.6 Å². The lowest BCUT2D eigenvalue weighted by Gasteiger charge is -2.48. The zero-order chi connectivity index (χ0) is 27.7. The summed E-state index contributed by atoms with van der Waals surface area (Å²) in [5.74, 6) is 0.226. The lowest BCUT2D eigenvalue weighted by Crippen LogP contribution is -2.52. The van der Waals surface area contributed by atoms with E-state index in [1.807, 2.05) is 30.8 Å². The SMILES string of the molecule is CCOC(=O)c1ccc(N(CC(C)C)C2SC3=C(N2C)C(C)(C)C(NCc2ccccc2)CC3(C)C)cc1. The summed E-state index contributed by atoms with van der Waals surface area (Å²) in [4.78, 5) is 18.8. The number of carbonyl (C=O) groups is 1. The van der Waals surface area contributed by atoms with E-state index in [4.69, 9.17) is 4.74 Å². The molecule has 0 saturated carbocycles. The van der Waals surface area contributed by atoms with Crippen molar-refractivity contribution in [2.24, 2.45) is 16.7 Å². The van der Waals surface area contributed by atoms with Gasteiger partial charge in [0, 0.05) is 47.9 Å². The van der Waals surface area contributed by atoms with Crippen molar-refractivity contribution >= 4 is 23.4 Å². The quantitative estimate of drug-likeness (QED) is 0.345. The van der Waals surface area contributed by atoms with Crippen LogP contribution in [-0.2, 0) is 11.3 Å². The second kappa shape index (κ2) is 11.4. The third-order valence-corrected chi connectivity index (χ3v) is 9.63. The zero-order valence-corrected chi connectivity index (χ0v) is 25.2. The molecule has 2 aromatic rings. The van der Waals surface area contributed by atoms with Crippen molar-refractivity contribution in [1.82, 2.24) is 10.2 Å². The maximum atomic E-state index is 12.2. The van der Waals surface area contributed by atoms with Crippen molar-refractivity contribution in [2.75, 3.05) is 25.1 Å². The van der Waals surface area contributed by atoms with E-state index in [0.717, 1.165) is 25.2 Å². The Balaban J connectivity index is 1.61. The summed E-state index contributed by atoms with van der Waals surface area (Å²) >= 11 is 2.00. The number of esters is 1. The molecule has 1 aliphatic carbocycles. The average molecular weight is 536 g/mol. The van der Waals surface area contributed by atoms with Gasteiger partial charge >= 0.3 is 5.97 Å². The van der Waals surface area contributed by atoms with Crippen molar-refractivity contribution < 1.29 is 9.53 Å². The molecule has 2 aliphatic rings. The van der Waals surface area contributed by atoms with Crippen LogP contribution in [0.3, 0.4) is 0 Å². The fraction of sp³-hybridized carbons (Fsp3) is 0.531. The van der Waals surface area contributed by atoms with Gasteiger partial charge in [0.05, 0.1) is 12.2 Å². The highest BCUT2D eigenvalue weighted by atomic mass is 32.2. The van der Waals surface area contributed by atoms with E-state index in [1.54, 1.807) is 0 Å². The number of nitrogens with zero attached hydrogens (tertiary/aromatic N) is 2. The number of benzene rings is 2. The molecule has 6 heteroatoms. The molecule has 2 atom stereocenters. The molecule has 0 aromatic heterocycles. The molecule has 0 bridgehead atoms. The van der Waals surface area contributed by atoms with Gasteiger partial charge in [0.15, 0.2) is 5.50 Å². The van der Waals surface area contributed by atoms with Crippen LogP contribution in [0.5, 0.6) is 0 Å². The van der Waals surface area contributed by atoms with E-state index >= 15 is 0 Å². The highest BCUT2D eigenvalue weighted by Crippen LogP contribution is 2.59. The zero-order valence-electron chi connectivity index (χ0n) is 24.4. The smallest absolute Gasteiger partial charge is 0.338 e. The van der Waals surface area contributed by atoms with Gasteiger partial charge < -0.3 is 19.9 Å². The highest BCUT2D eigenvalue weighted by molar-refractivity contribution is 8.04. The van der Waals surface area contributed by atoms with Crippen LogP contribution < -0.4 is 10.2 Å². The summed E-state index contributed by atoms with van der Waals surface area (Å²) in [6.45, 7) is 18.2. The summed E-state index contributed by atoms with van der Waals surface area (Å²) < 4.78 is 5.20. The van der Waals surface area contributed by atoms with Crippen molar-refractivity contribution in [3.05, 3.63) is 76.3 Å². The minimum absolute atomic E-state index is 0.0204. The first-order valence-electron chi connectivity index (χ1n) is 13.9. The van der Waals surface area contributed by atoms with Gasteiger partial charge in [0.25, 0.3) is 0 Å². The standard InChI is InChI=1S/C32H45N3O2S/c1-9-37-29(36)24-15-17-25(18-16-24)35(21-22(2)3)30-34(8)27-28(38-30)31(4,5)19-26(32(27,6)7)33-20-23-13-11-10-12-14-23/h10-18,22,26,30,33H,9,19-21H2,1-8H3. The fourth-order valence-corrected chi connectivity index (χ4v) is 7.65. The molecule has 4 rings (SSSR count). The number of nitrogens with one attached hydrogen (secondary N) is 1. The van der Waals surface area contributed by atoms with Crippen molar-refractivity contribution in [3.8, 4) is 0 Å². The summed E-state index contributed by atoms with van der Waals surface area (Å²) in [5.41, 5.74) is 4.71. The van der Waals surface area contributed by atoms with Gasteiger partial charge in [-0.3, -0.25) is 0 Å². The first-order chi connectivity index (χ1) is 18.0. The molecule has 206 valence electrons. The molecule has 1 heterocycles. The van der Waals surface area contributed by atoms with Crippen molar-refractivity contribution in [3.63, 3.8) is 0 Å². The topological polar surface area (TPSA) is 44.8 Å². The number of hydrogen-bond acceptors (Lipinski definition) is 6. The van der Waals surface area contributed by atoms with Crippen LogP contribution in [0.4, 0.5) is 5.69 Å². The highest BCUT2D eigenvalue weighted by Gasteiger charge is 2.52. The van der Waals surface area contributed by atoms with Crippen LogP contribution in [0.1, 0.15) is 70.8 Å². The molecule has 0 radical (unpaired) electrons. The Labute approximate surface area is 234 Å². The summed E-state index contributed by atoms with van der Waals surface area (Å²) in [7, 11) is 2.26. The van der Waals surface area contributed by atoms with E-state index in [-0.39, 0.29) is 22.3 Å². The number of carbonyl (C=O) groups excluding carboxylic acids is 1. The van der Waals surface area contributed by atoms with Crippen LogP contribution in [0.25, 0.3) is 0 Å². The van der Waals surface area contributed by atoms with E-state index in [1.165, 1.54) is 16.2 Å². The minimum atomic E-state index is -0.267. The Morgan fingerprint density at radius 1 is 1.11 bits per heavy atom. The molecule has 0 fully saturated rings. The Morgan fingerprint density at radius 2 is 1.76 bits per heavy atom. The largest absolute Gasteiger partial charge is 0.462 e. The molecule has 38 heavy (non-hydrogen) atoms. The molecule has 1 N–H and O–H groups in total. The number of allylic oxidation sites excluding steroid dienone is 1. The second-order valence-corrected chi connectivity index (χ2v) is 13.3. The van der Waals surface area contributed by atoms with E-state index in [9.17, 15) is 4.79 Å². The summed E-state index contributed by atoms with van der Waals surface area (Å²) in [5, 5.41) is 3.92. The molecule has 0 spiro atoms. The lowest BCUT2D eigenvalue weighted by atomic mass is 9.66. The molecule has 0 saturated heterocycles. The summed E-state index contributed by atoms with van der Waals surface area (Å²) in [6.07, 6.45) is 1.09. The Morgan fingerprint density at radius 3 is 2.37 bits per heavy atom. The van der Waals surface area contributed by atoms with Gasteiger partial charge in [-0.2, -0.15) is 0 Å².